The normalized spacial score (nSPS) is 14.9. The van der Waals surface area contributed by atoms with E-state index in [1.54, 1.807) is 0 Å². The summed E-state index contributed by atoms with van der Waals surface area (Å²) in [6, 6.07) is 0. The molecule has 0 aliphatic carbocycles. The van der Waals surface area contributed by atoms with Crippen LogP contribution < -0.4 is 0 Å². The smallest absolute Gasteiger partial charge is 0.460 e. The molecule has 0 aromatic carbocycles. The second-order valence-electron chi connectivity index (χ2n) is 10.6. The molecule has 47 heavy (non-hydrogen) atoms. The van der Waals surface area contributed by atoms with Gasteiger partial charge in [-0.3, -0.25) is 4.79 Å². The van der Waals surface area contributed by atoms with Gasteiger partial charge in [0.1, 0.15) is 0 Å². The van der Waals surface area contributed by atoms with Gasteiger partial charge in [0.05, 0.1) is 13.0 Å². The van der Waals surface area contributed by atoms with E-state index in [1.807, 2.05) is 12.2 Å². The summed E-state index contributed by atoms with van der Waals surface area (Å²) in [5.41, 5.74) is 0. The maximum Gasteiger partial charge on any atom is 0.460 e. The standard InChI is InChI=1S/C28H35F17O2/c1-2-3-4-5-6-7-8-9-10-11-12-13-14-15-16-17-20(46)47-19-18-21(29,30)22(31,32)23(33,34)24(35,36)25(37,38)26(39,40)27(41,42)28(43,44)45/h6-7,9-10H,2-5,8,11-19H2,1H3/b7-6-,10-9-. The number of hydrogen-bond donors (Lipinski definition) is 0. The third-order valence-corrected chi connectivity index (χ3v) is 6.80. The van der Waals surface area contributed by atoms with Crippen molar-refractivity contribution in [2.45, 2.75) is 138 Å². The van der Waals surface area contributed by atoms with Crippen molar-refractivity contribution >= 4 is 5.97 Å². The van der Waals surface area contributed by atoms with Crippen LogP contribution in [0.4, 0.5) is 74.6 Å². The van der Waals surface area contributed by atoms with E-state index < -0.39 is 73.1 Å². The molecule has 0 aromatic rings. The average Bonchev–Trinajstić information content (AvgIpc) is 2.93. The van der Waals surface area contributed by atoms with Crippen LogP contribution in [0, 0.1) is 0 Å². The number of rotatable bonds is 23. The fourth-order valence-corrected chi connectivity index (χ4v) is 3.80. The Bertz CT molecular complexity index is 1000. The minimum absolute atomic E-state index is 0.0835. The van der Waals surface area contributed by atoms with Crippen LogP contribution in [0.15, 0.2) is 24.3 Å². The molecular weight excluding hydrogens is 691 g/mol. The quantitative estimate of drug-likeness (QED) is 0.0454. The number of unbranched alkanes of at least 4 members (excludes halogenated alkanes) is 8. The number of ether oxygens (including phenoxy) is 1. The molecule has 0 spiro atoms. The molecule has 0 amide bonds. The molecule has 0 bridgehead atoms. The molecule has 0 saturated carbocycles. The highest BCUT2D eigenvalue weighted by atomic mass is 19.4. The lowest BCUT2D eigenvalue weighted by Crippen LogP contribution is -2.74. The Labute approximate surface area is 259 Å². The lowest BCUT2D eigenvalue weighted by atomic mass is 9.88. The van der Waals surface area contributed by atoms with Gasteiger partial charge in [-0.15, -0.1) is 0 Å². The monoisotopic (exact) mass is 726 g/mol. The maximum atomic E-state index is 13.9. The minimum Gasteiger partial charge on any atom is -0.465 e. The summed E-state index contributed by atoms with van der Waals surface area (Å²) in [5, 5.41) is 0. The number of allylic oxidation sites excluding steroid dienone is 4. The number of alkyl halides is 17. The molecule has 0 radical (unpaired) electrons. The van der Waals surface area contributed by atoms with Crippen molar-refractivity contribution in [2.75, 3.05) is 6.61 Å². The van der Waals surface area contributed by atoms with Crippen molar-refractivity contribution in [1.29, 1.82) is 0 Å². The molecule has 0 aliphatic heterocycles. The lowest BCUT2D eigenvalue weighted by molar-refractivity contribution is -0.461. The van der Waals surface area contributed by atoms with Gasteiger partial charge >= 0.3 is 53.6 Å². The molecule has 0 aliphatic rings. The molecule has 0 N–H and O–H groups in total. The molecule has 0 heterocycles. The Morgan fingerprint density at radius 2 is 0.915 bits per heavy atom. The van der Waals surface area contributed by atoms with E-state index in [0.717, 1.165) is 44.9 Å². The van der Waals surface area contributed by atoms with Crippen molar-refractivity contribution in [3.63, 3.8) is 0 Å². The highest BCUT2D eigenvalue weighted by Crippen LogP contribution is 2.64. The molecule has 0 aromatic heterocycles. The zero-order valence-corrected chi connectivity index (χ0v) is 25.0. The van der Waals surface area contributed by atoms with E-state index in [1.165, 1.54) is 6.42 Å². The third kappa shape index (κ3) is 10.6. The van der Waals surface area contributed by atoms with Crippen molar-refractivity contribution in [1.82, 2.24) is 0 Å². The van der Waals surface area contributed by atoms with Crippen LogP contribution in [-0.4, -0.2) is 60.2 Å². The van der Waals surface area contributed by atoms with Gasteiger partial charge in [0.15, 0.2) is 0 Å². The zero-order valence-electron chi connectivity index (χ0n) is 25.0. The molecule has 19 heteroatoms. The van der Waals surface area contributed by atoms with Crippen LogP contribution >= 0.6 is 0 Å². The van der Waals surface area contributed by atoms with Crippen LogP contribution in [0.2, 0.25) is 0 Å². The van der Waals surface area contributed by atoms with E-state index in [9.17, 15) is 79.4 Å². The molecule has 0 atom stereocenters. The first-order valence-corrected chi connectivity index (χ1v) is 14.4. The van der Waals surface area contributed by atoms with Gasteiger partial charge in [-0.1, -0.05) is 63.3 Å². The summed E-state index contributed by atoms with van der Waals surface area (Å²) < 4.78 is 230. The maximum absolute atomic E-state index is 13.9. The second-order valence-corrected chi connectivity index (χ2v) is 10.6. The van der Waals surface area contributed by atoms with Gasteiger partial charge in [-0.25, -0.2) is 0 Å². The molecule has 278 valence electrons. The number of esters is 1. The van der Waals surface area contributed by atoms with Gasteiger partial charge in [0.25, 0.3) is 0 Å². The summed E-state index contributed by atoms with van der Waals surface area (Å²) in [6.07, 6.45) is 5.64. The highest BCUT2D eigenvalue weighted by molar-refractivity contribution is 5.69. The molecule has 0 saturated heterocycles. The van der Waals surface area contributed by atoms with Crippen LogP contribution in [-0.2, 0) is 9.53 Å². The number of hydrogen-bond acceptors (Lipinski definition) is 2. The Morgan fingerprint density at radius 1 is 0.511 bits per heavy atom. The average molecular weight is 727 g/mol. The van der Waals surface area contributed by atoms with Crippen LogP contribution in [0.1, 0.15) is 90.4 Å². The third-order valence-electron chi connectivity index (χ3n) is 6.80. The van der Waals surface area contributed by atoms with E-state index >= 15 is 0 Å². The first-order chi connectivity index (χ1) is 21.2. The molecule has 0 fully saturated rings. The van der Waals surface area contributed by atoms with E-state index in [-0.39, 0.29) is 6.42 Å². The molecular formula is C28H35F17O2. The number of carbonyl (C=O) groups is 1. The van der Waals surface area contributed by atoms with Crippen molar-refractivity contribution in [3.8, 4) is 0 Å². The first-order valence-electron chi connectivity index (χ1n) is 14.4. The fraction of sp³-hybridized carbons (Fsp3) is 0.821. The van der Waals surface area contributed by atoms with Crippen LogP contribution in [0.3, 0.4) is 0 Å². The molecule has 0 unspecified atom stereocenters. The van der Waals surface area contributed by atoms with Gasteiger partial charge in [0.2, 0.25) is 0 Å². The zero-order chi connectivity index (χ0) is 37.0. The van der Waals surface area contributed by atoms with Crippen LogP contribution in [0.25, 0.3) is 0 Å². The Morgan fingerprint density at radius 3 is 1.38 bits per heavy atom. The SMILES string of the molecule is CCCCC/C=C\C/C=C\CCCCCCCC(=O)OCCC(F)(F)C(F)(F)C(F)(F)C(F)(F)C(F)(F)C(F)(F)C(F)(F)C(F)(F)F. The molecule has 0 rings (SSSR count). The number of halogens is 17. The summed E-state index contributed by atoms with van der Waals surface area (Å²) in [4.78, 5) is 11.6. The van der Waals surface area contributed by atoms with Gasteiger partial charge in [0, 0.05) is 6.42 Å². The highest BCUT2D eigenvalue weighted by Gasteiger charge is 2.95. The fourth-order valence-electron chi connectivity index (χ4n) is 3.80. The van der Waals surface area contributed by atoms with Crippen LogP contribution in [0.5, 0.6) is 0 Å². The largest absolute Gasteiger partial charge is 0.465 e. The van der Waals surface area contributed by atoms with Crippen molar-refractivity contribution < 1.29 is 84.2 Å². The van der Waals surface area contributed by atoms with Crippen molar-refractivity contribution in [3.05, 3.63) is 24.3 Å². The summed E-state index contributed by atoms with van der Waals surface area (Å²) in [5.74, 6) is -58.1. The summed E-state index contributed by atoms with van der Waals surface area (Å²) in [7, 11) is 0. The van der Waals surface area contributed by atoms with E-state index in [0.29, 0.717) is 12.8 Å². The van der Waals surface area contributed by atoms with Crippen molar-refractivity contribution in [2.24, 2.45) is 0 Å². The minimum atomic E-state index is -8.67. The number of carbonyl (C=O) groups excluding carboxylic acids is 1. The summed E-state index contributed by atoms with van der Waals surface area (Å²) >= 11 is 0. The Kier molecular flexibility index (Phi) is 16.6. The van der Waals surface area contributed by atoms with E-state index in [2.05, 4.69) is 23.8 Å². The predicted molar refractivity (Wildman–Crippen MR) is 136 cm³/mol. The first kappa shape index (κ1) is 44.8. The van der Waals surface area contributed by atoms with E-state index in [4.69, 9.17) is 0 Å². The Hall–Kier alpha value is -2.24. The topological polar surface area (TPSA) is 26.3 Å². The summed E-state index contributed by atoms with van der Waals surface area (Å²) in [6.45, 7) is 0.192. The second kappa shape index (κ2) is 17.4. The van der Waals surface area contributed by atoms with Gasteiger partial charge in [-0.05, 0) is 38.5 Å². The van der Waals surface area contributed by atoms with Gasteiger partial charge in [-0.2, -0.15) is 74.6 Å². The Balaban J connectivity index is 4.93. The van der Waals surface area contributed by atoms with Gasteiger partial charge < -0.3 is 4.74 Å². The molecule has 2 nitrogen and oxygen atoms in total. The predicted octanol–water partition coefficient (Wildman–Crippen LogP) is 11.7. The lowest BCUT2D eigenvalue weighted by Gasteiger charge is -2.42.